The van der Waals surface area contributed by atoms with Crippen LogP contribution in [0.5, 0.6) is 0 Å². The molecule has 4 rings (SSSR count). The molecule has 1 fully saturated rings. The van der Waals surface area contributed by atoms with E-state index in [1.165, 1.54) is 12.1 Å². The predicted octanol–water partition coefficient (Wildman–Crippen LogP) is 2.10. The van der Waals surface area contributed by atoms with Gasteiger partial charge in [0.2, 0.25) is 5.89 Å². The zero-order chi connectivity index (χ0) is 16.5. The van der Waals surface area contributed by atoms with E-state index in [0.29, 0.717) is 48.2 Å². The third-order valence-corrected chi connectivity index (χ3v) is 4.03. The van der Waals surface area contributed by atoms with Gasteiger partial charge in [-0.25, -0.2) is 14.4 Å². The van der Waals surface area contributed by atoms with Crippen LogP contribution in [0.4, 0.5) is 4.39 Å². The highest BCUT2D eigenvalue weighted by Gasteiger charge is 2.21. The van der Waals surface area contributed by atoms with Crippen molar-refractivity contribution in [2.75, 3.05) is 26.3 Å². The molecule has 6 nitrogen and oxygen atoms in total. The number of benzene rings is 1. The van der Waals surface area contributed by atoms with Crippen LogP contribution in [0, 0.1) is 5.82 Å². The summed E-state index contributed by atoms with van der Waals surface area (Å²) >= 11 is 0. The largest absolute Gasteiger partial charge is 0.440 e. The molecular weight excluding hydrogens is 313 g/mol. The van der Waals surface area contributed by atoms with Crippen molar-refractivity contribution in [3.05, 3.63) is 41.8 Å². The summed E-state index contributed by atoms with van der Waals surface area (Å²) in [4.78, 5) is 23.0. The third-order valence-electron chi connectivity index (χ3n) is 4.03. The van der Waals surface area contributed by atoms with Gasteiger partial charge in [-0.05, 0) is 12.1 Å². The summed E-state index contributed by atoms with van der Waals surface area (Å²) in [6, 6.07) is 4.22. The fraction of sp³-hybridized carbons (Fsp3) is 0.353. The van der Waals surface area contributed by atoms with Gasteiger partial charge in [-0.15, -0.1) is 0 Å². The standard InChI is InChI=1S/C17H16FN3O3/c18-11-1-2-14-15(7-11)24-17(20-14)9-12-8-13(22)10-16(19-12)21-3-5-23-6-4-21/h1-2,7,10H,3-6,8-9H2. The van der Waals surface area contributed by atoms with Gasteiger partial charge in [0, 0.05) is 37.4 Å². The zero-order valence-corrected chi connectivity index (χ0v) is 13.0. The minimum absolute atomic E-state index is 0.0173. The number of halogens is 1. The predicted molar refractivity (Wildman–Crippen MR) is 85.2 cm³/mol. The van der Waals surface area contributed by atoms with Gasteiger partial charge in [0.25, 0.3) is 0 Å². The summed E-state index contributed by atoms with van der Waals surface area (Å²) in [7, 11) is 0. The molecule has 0 N–H and O–H groups in total. The minimum atomic E-state index is -0.368. The number of morpholine rings is 1. The molecule has 3 heterocycles. The average molecular weight is 329 g/mol. The molecule has 1 aromatic carbocycles. The Balaban J connectivity index is 1.56. The van der Waals surface area contributed by atoms with E-state index in [2.05, 4.69) is 9.98 Å². The number of allylic oxidation sites excluding steroid dienone is 1. The van der Waals surface area contributed by atoms with E-state index < -0.39 is 0 Å². The van der Waals surface area contributed by atoms with Crippen LogP contribution in [-0.4, -0.2) is 47.7 Å². The summed E-state index contributed by atoms with van der Waals surface area (Å²) < 4.78 is 24.1. The highest BCUT2D eigenvalue weighted by atomic mass is 19.1. The van der Waals surface area contributed by atoms with Crippen molar-refractivity contribution in [1.82, 2.24) is 9.88 Å². The van der Waals surface area contributed by atoms with Crippen LogP contribution in [0.15, 0.2) is 39.5 Å². The number of rotatable bonds is 3. The molecule has 0 bridgehead atoms. The molecule has 0 spiro atoms. The van der Waals surface area contributed by atoms with E-state index in [0.717, 1.165) is 13.1 Å². The van der Waals surface area contributed by atoms with Crippen LogP contribution < -0.4 is 0 Å². The molecule has 2 aliphatic rings. The second-order valence-corrected chi connectivity index (χ2v) is 5.82. The summed E-state index contributed by atoms with van der Waals surface area (Å²) in [5, 5.41) is 0. The fourth-order valence-corrected chi connectivity index (χ4v) is 2.88. The molecule has 24 heavy (non-hydrogen) atoms. The molecule has 7 heteroatoms. The maximum atomic E-state index is 13.2. The smallest absolute Gasteiger partial charge is 0.201 e. The Morgan fingerprint density at radius 1 is 1.25 bits per heavy atom. The fourth-order valence-electron chi connectivity index (χ4n) is 2.88. The van der Waals surface area contributed by atoms with Gasteiger partial charge in [0.05, 0.1) is 19.6 Å². The first kappa shape index (κ1) is 15.0. The van der Waals surface area contributed by atoms with Crippen LogP contribution in [-0.2, 0) is 16.0 Å². The zero-order valence-electron chi connectivity index (χ0n) is 13.0. The molecule has 2 aromatic rings. The third kappa shape index (κ3) is 3.07. The molecule has 124 valence electrons. The molecule has 0 aliphatic carbocycles. The maximum Gasteiger partial charge on any atom is 0.201 e. The second kappa shape index (κ2) is 6.16. The first-order valence-corrected chi connectivity index (χ1v) is 7.86. The summed E-state index contributed by atoms with van der Waals surface area (Å²) in [5.74, 6) is 0.758. The monoisotopic (exact) mass is 329 g/mol. The van der Waals surface area contributed by atoms with Crippen LogP contribution >= 0.6 is 0 Å². The Morgan fingerprint density at radius 2 is 2.08 bits per heavy atom. The summed E-state index contributed by atoms with van der Waals surface area (Å²) in [5.41, 5.74) is 1.70. The molecule has 0 unspecified atom stereocenters. The minimum Gasteiger partial charge on any atom is -0.440 e. The number of aromatic nitrogens is 1. The van der Waals surface area contributed by atoms with Gasteiger partial charge < -0.3 is 14.1 Å². The summed E-state index contributed by atoms with van der Waals surface area (Å²) in [6.07, 6.45) is 2.17. The number of nitrogens with zero attached hydrogens (tertiary/aromatic N) is 3. The average Bonchev–Trinajstić information content (AvgIpc) is 2.96. The lowest BCUT2D eigenvalue weighted by atomic mass is 10.1. The number of oxazole rings is 1. The SMILES string of the molecule is O=C1C=C(N2CCOCC2)N=C(Cc2nc3ccc(F)cc3o2)C1. The van der Waals surface area contributed by atoms with Gasteiger partial charge >= 0.3 is 0 Å². The van der Waals surface area contributed by atoms with E-state index in [1.54, 1.807) is 12.1 Å². The Bertz CT molecular complexity index is 850. The first-order chi connectivity index (χ1) is 11.7. The number of aliphatic imine (C=N–C) groups is 1. The van der Waals surface area contributed by atoms with Crippen molar-refractivity contribution in [3.63, 3.8) is 0 Å². The van der Waals surface area contributed by atoms with Gasteiger partial charge in [-0.1, -0.05) is 0 Å². The number of hydrogen-bond donors (Lipinski definition) is 0. The van der Waals surface area contributed by atoms with Crippen molar-refractivity contribution in [1.29, 1.82) is 0 Å². The second-order valence-electron chi connectivity index (χ2n) is 5.82. The lowest BCUT2D eigenvalue weighted by Gasteiger charge is -2.30. The normalized spacial score (nSPS) is 18.7. The molecule has 1 saturated heterocycles. The number of hydrogen-bond acceptors (Lipinski definition) is 6. The van der Waals surface area contributed by atoms with Crippen molar-refractivity contribution in [3.8, 4) is 0 Å². The van der Waals surface area contributed by atoms with E-state index in [9.17, 15) is 9.18 Å². The van der Waals surface area contributed by atoms with E-state index in [4.69, 9.17) is 9.15 Å². The van der Waals surface area contributed by atoms with Crippen molar-refractivity contribution in [2.45, 2.75) is 12.8 Å². The number of carbonyl (C=O) groups is 1. The molecule has 0 amide bonds. The van der Waals surface area contributed by atoms with Crippen LogP contribution in [0.3, 0.4) is 0 Å². The number of carbonyl (C=O) groups excluding carboxylic acids is 1. The molecule has 0 radical (unpaired) electrons. The number of fused-ring (bicyclic) bond motifs is 1. The number of ether oxygens (including phenoxy) is 1. The topological polar surface area (TPSA) is 67.9 Å². The Morgan fingerprint density at radius 3 is 2.92 bits per heavy atom. The molecule has 2 aliphatic heterocycles. The Hall–Kier alpha value is -2.54. The lowest BCUT2D eigenvalue weighted by Crippen LogP contribution is -2.36. The van der Waals surface area contributed by atoms with Gasteiger partial charge in [-0.2, -0.15) is 0 Å². The summed E-state index contributed by atoms with van der Waals surface area (Å²) in [6.45, 7) is 2.70. The molecule has 1 aromatic heterocycles. The maximum absolute atomic E-state index is 13.2. The highest BCUT2D eigenvalue weighted by molar-refractivity contribution is 6.09. The van der Waals surface area contributed by atoms with Crippen LogP contribution in [0.25, 0.3) is 11.1 Å². The number of ketones is 1. The quantitative estimate of drug-likeness (QED) is 0.862. The van der Waals surface area contributed by atoms with Crippen LogP contribution in [0.2, 0.25) is 0 Å². The Labute approximate surface area is 137 Å². The van der Waals surface area contributed by atoms with Gasteiger partial charge in [0.15, 0.2) is 11.4 Å². The van der Waals surface area contributed by atoms with Gasteiger partial charge in [-0.3, -0.25) is 4.79 Å². The Kier molecular flexibility index (Phi) is 3.86. The van der Waals surface area contributed by atoms with Crippen molar-refractivity contribution in [2.24, 2.45) is 4.99 Å². The van der Waals surface area contributed by atoms with Crippen molar-refractivity contribution < 1.29 is 18.3 Å². The van der Waals surface area contributed by atoms with Gasteiger partial charge in [0.1, 0.15) is 17.2 Å². The molecular formula is C17H16FN3O3. The van der Waals surface area contributed by atoms with E-state index >= 15 is 0 Å². The van der Waals surface area contributed by atoms with Crippen molar-refractivity contribution >= 4 is 22.6 Å². The highest BCUT2D eigenvalue weighted by Crippen LogP contribution is 2.20. The van der Waals surface area contributed by atoms with E-state index in [-0.39, 0.29) is 18.0 Å². The lowest BCUT2D eigenvalue weighted by molar-refractivity contribution is -0.113. The van der Waals surface area contributed by atoms with E-state index in [1.807, 2.05) is 4.90 Å². The first-order valence-electron chi connectivity index (χ1n) is 7.86. The molecule has 0 saturated carbocycles. The van der Waals surface area contributed by atoms with Crippen LogP contribution in [0.1, 0.15) is 12.3 Å². The molecule has 0 atom stereocenters.